The second-order valence-electron chi connectivity index (χ2n) is 6.51. The predicted octanol–water partition coefficient (Wildman–Crippen LogP) is 4.28. The topological polar surface area (TPSA) is 80.9 Å². The molecule has 2 heterocycles. The third-order valence-electron chi connectivity index (χ3n) is 4.38. The summed E-state index contributed by atoms with van der Waals surface area (Å²) in [6, 6.07) is 17.5. The number of benzene rings is 2. The molecule has 4 rings (SSSR count). The number of nitrogens with one attached hydrogen (secondary N) is 1. The van der Waals surface area contributed by atoms with Gasteiger partial charge in [0.05, 0.1) is 23.7 Å². The molecule has 4 aromatic rings. The molecule has 0 aliphatic carbocycles. The van der Waals surface area contributed by atoms with Crippen LogP contribution in [-0.4, -0.2) is 21.0 Å². The Morgan fingerprint density at radius 3 is 2.69 bits per heavy atom. The van der Waals surface area contributed by atoms with Crippen molar-refractivity contribution in [1.82, 2.24) is 20.4 Å². The van der Waals surface area contributed by atoms with Gasteiger partial charge in [-0.3, -0.25) is 4.79 Å². The zero-order valence-corrected chi connectivity index (χ0v) is 16.8. The third kappa shape index (κ3) is 4.75. The van der Waals surface area contributed by atoms with E-state index in [0.717, 1.165) is 33.8 Å². The van der Waals surface area contributed by atoms with E-state index >= 15 is 0 Å². The summed E-state index contributed by atoms with van der Waals surface area (Å²) in [5, 5.41) is 10.0. The van der Waals surface area contributed by atoms with Crippen LogP contribution < -0.4 is 5.32 Å². The highest BCUT2D eigenvalue weighted by Crippen LogP contribution is 2.26. The number of amides is 1. The molecular weight excluding hydrogens is 384 g/mol. The molecule has 146 valence electrons. The molecule has 29 heavy (non-hydrogen) atoms. The van der Waals surface area contributed by atoms with Crippen molar-refractivity contribution in [3.05, 3.63) is 76.4 Å². The fourth-order valence-electron chi connectivity index (χ4n) is 2.89. The second-order valence-corrected chi connectivity index (χ2v) is 7.45. The van der Waals surface area contributed by atoms with Gasteiger partial charge in [0, 0.05) is 16.5 Å². The maximum atomic E-state index is 12.1. The molecule has 6 nitrogen and oxygen atoms in total. The molecule has 0 fully saturated rings. The Labute approximate surface area is 172 Å². The van der Waals surface area contributed by atoms with E-state index < -0.39 is 0 Å². The molecule has 2 aromatic carbocycles. The Kier molecular flexibility index (Phi) is 5.76. The first-order chi connectivity index (χ1) is 14.2. The number of rotatable bonds is 7. The highest BCUT2D eigenvalue weighted by atomic mass is 32.1. The van der Waals surface area contributed by atoms with Crippen molar-refractivity contribution in [3.63, 3.8) is 0 Å². The van der Waals surface area contributed by atoms with Crippen LogP contribution in [0.5, 0.6) is 0 Å². The van der Waals surface area contributed by atoms with Gasteiger partial charge in [-0.05, 0) is 18.1 Å². The van der Waals surface area contributed by atoms with Crippen LogP contribution in [0.1, 0.15) is 23.4 Å². The van der Waals surface area contributed by atoms with Gasteiger partial charge in [0.25, 0.3) is 0 Å². The van der Waals surface area contributed by atoms with Crippen molar-refractivity contribution in [3.8, 4) is 22.6 Å². The molecule has 0 saturated carbocycles. The van der Waals surface area contributed by atoms with Gasteiger partial charge in [0.1, 0.15) is 0 Å². The fourth-order valence-corrected chi connectivity index (χ4v) is 3.64. The highest BCUT2D eigenvalue weighted by molar-refractivity contribution is 7.09. The fraction of sp³-hybridized carbons (Fsp3) is 0.182. The number of thiazole rings is 1. The Bertz CT molecular complexity index is 1100. The molecule has 0 radical (unpaired) electrons. The smallest absolute Gasteiger partial charge is 0.246 e. The molecule has 0 bridgehead atoms. The van der Waals surface area contributed by atoms with Crippen LogP contribution in [0.2, 0.25) is 0 Å². The summed E-state index contributed by atoms with van der Waals surface area (Å²) in [5.41, 5.74) is 3.77. The number of carbonyl (C=O) groups excluding carboxylic acids is 1. The summed E-state index contributed by atoms with van der Waals surface area (Å²) in [7, 11) is 0. The summed E-state index contributed by atoms with van der Waals surface area (Å²) in [6.07, 6.45) is 1.24. The van der Waals surface area contributed by atoms with Gasteiger partial charge >= 0.3 is 0 Å². The lowest BCUT2D eigenvalue weighted by Crippen LogP contribution is -2.24. The van der Waals surface area contributed by atoms with Crippen LogP contribution in [0, 0.1) is 0 Å². The van der Waals surface area contributed by atoms with E-state index in [2.05, 4.69) is 32.7 Å². The largest absolute Gasteiger partial charge is 0.347 e. The van der Waals surface area contributed by atoms with Crippen LogP contribution in [-0.2, 0) is 24.2 Å². The molecule has 0 saturated heterocycles. The van der Waals surface area contributed by atoms with E-state index in [1.54, 1.807) is 11.3 Å². The molecule has 1 amide bonds. The first-order valence-electron chi connectivity index (χ1n) is 9.39. The molecule has 0 unspecified atom stereocenters. The van der Waals surface area contributed by atoms with Crippen LogP contribution in [0.4, 0.5) is 0 Å². The minimum Gasteiger partial charge on any atom is -0.347 e. The molecule has 0 aliphatic heterocycles. The summed E-state index contributed by atoms with van der Waals surface area (Å²) < 4.78 is 5.30. The lowest BCUT2D eigenvalue weighted by atomic mass is 10.1. The average Bonchev–Trinajstić information content (AvgIpc) is 3.43. The summed E-state index contributed by atoms with van der Waals surface area (Å²) in [4.78, 5) is 21.1. The van der Waals surface area contributed by atoms with Crippen molar-refractivity contribution in [1.29, 1.82) is 0 Å². The number of carbonyl (C=O) groups is 1. The summed E-state index contributed by atoms with van der Waals surface area (Å²) in [5.74, 6) is 0.770. The zero-order valence-electron chi connectivity index (χ0n) is 16.0. The first kappa shape index (κ1) is 19.0. The predicted molar refractivity (Wildman–Crippen MR) is 112 cm³/mol. The van der Waals surface area contributed by atoms with Crippen molar-refractivity contribution in [2.24, 2.45) is 0 Å². The summed E-state index contributed by atoms with van der Waals surface area (Å²) >= 11 is 1.66. The van der Waals surface area contributed by atoms with E-state index in [9.17, 15) is 4.79 Å². The quantitative estimate of drug-likeness (QED) is 0.497. The molecule has 0 spiro atoms. The maximum absolute atomic E-state index is 12.1. The molecule has 1 N–H and O–H groups in total. The number of hydrogen-bond donors (Lipinski definition) is 1. The molecule has 0 aliphatic rings. The van der Waals surface area contributed by atoms with Gasteiger partial charge in [-0.2, -0.15) is 4.98 Å². The van der Waals surface area contributed by atoms with Gasteiger partial charge in [-0.15, -0.1) is 11.3 Å². The Morgan fingerprint density at radius 1 is 1.07 bits per heavy atom. The van der Waals surface area contributed by atoms with Crippen LogP contribution in [0.3, 0.4) is 0 Å². The lowest BCUT2D eigenvalue weighted by molar-refractivity contribution is -0.120. The Balaban J connectivity index is 1.41. The minimum absolute atomic E-state index is 0.0896. The maximum Gasteiger partial charge on any atom is 0.246 e. The third-order valence-corrected chi connectivity index (χ3v) is 5.38. The molecular formula is C22H20N4O2S. The normalized spacial score (nSPS) is 10.8. The first-order valence-corrected chi connectivity index (χ1v) is 10.3. The van der Waals surface area contributed by atoms with E-state index in [1.165, 1.54) is 0 Å². The number of nitrogens with zero attached hydrogens (tertiary/aromatic N) is 3. The van der Waals surface area contributed by atoms with Crippen LogP contribution in [0.15, 0.2) is 64.5 Å². The molecule has 7 heteroatoms. The molecule has 2 aromatic heterocycles. The Morgan fingerprint density at radius 2 is 1.90 bits per heavy atom. The van der Waals surface area contributed by atoms with E-state index in [0.29, 0.717) is 18.1 Å². The monoisotopic (exact) mass is 404 g/mol. The van der Waals surface area contributed by atoms with Crippen molar-refractivity contribution in [2.75, 3.05) is 0 Å². The van der Waals surface area contributed by atoms with E-state index in [4.69, 9.17) is 4.52 Å². The number of hydrogen-bond acceptors (Lipinski definition) is 6. The SMILES string of the molecule is CCc1nc(-c2cccc(-c3noc(CNC(=O)Cc4ccccc4)n3)c2)cs1. The summed E-state index contributed by atoms with van der Waals surface area (Å²) in [6.45, 7) is 2.29. The number of aromatic nitrogens is 3. The minimum atomic E-state index is -0.0896. The van der Waals surface area contributed by atoms with Crippen molar-refractivity contribution >= 4 is 17.2 Å². The highest BCUT2D eigenvalue weighted by Gasteiger charge is 2.12. The average molecular weight is 404 g/mol. The van der Waals surface area contributed by atoms with Crippen molar-refractivity contribution in [2.45, 2.75) is 26.3 Å². The van der Waals surface area contributed by atoms with Crippen molar-refractivity contribution < 1.29 is 9.32 Å². The van der Waals surface area contributed by atoms with Crippen LogP contribution >= 0.6 is 11.3 Å². The van der Waals surface area contributed by atoms with Gasteiger partial charge in [-0.25, -0.2) is 4.98 Å². The molecule has 0 atom stereocenters. The number of aryl methyl sites for hydroxylation is 1. The van der Waals surface area contributed by atoms with E-state index in [-0.39, 0.29) is 12.5 Å². The van der Waals surface area contributed by atoms with Gasteiger partial charge < -0.3 is 9.84 Å². The van der Waals surface area contributed by atoms with E-state index in [1.807, 2.05) is 54.6 Å². The zero-order chi connectivity index (χ0) is 20.1. The van der Waals surface area contributed by atoms with Gasteiger partial charge in [-0.1, -0.05) is 60.6 Å². The van der Waals surface area contributed by atoms with Gasteiger partial charge in [0.2, 0.25) is 17.6 Å². The van der Waals surface area contributed by atoms with Crippen LogP contribution in [0.25, 0.3) is 22.6 Å². The lowest BCUT2D eigenvalue weighted by Gasteiger charge is -2.02. The standard InChI is InChI=1S/C22H20N4O2S/c1-2-21-24-18(14-29-21)16-9-6-10-17(12-16)22-25-20(28-26-22)13-23-19(27)11-15-7-4-3-5-8-15/h3-10,12,14H,2,11,13H2,1H3,(H,23,27). The second kappa shape index (κ2) is 8.79. The van der Waals surface area contributed by atoms with Gasteiger partial charge in [0.15, 0.2) is 0 Å². The Hall–Kier alpha value is -3.32.